The van der Waals surface area contributed by atoms with Crippen LogP contribution in [0.4, 0.5) is 33.7 Å². The van der Waals surface area contributed by atoms with Gasteiger partial charge in [-0.05, 0) is 66.9 Å². The molecule has 1 saturated heterocycles. The molecule has 1 aliphatic heterocycles. The summed E-state index contributed by atoms with van der Waals surface area (Å²) >= 11 is 0. The van der Waals surface area contributed by atoms with Crippen molar-refractivity contribution in [2.24, 2.45) is 5.73 Å². The molecule has 1 fully saturated rings. The van der Waals surface area contributed by atoms with Gasteiger partial charge in [0.2, 0.25) is 11.8 Å². The topological polar surface area (TPSA) is 105 Å². The van der Waals surface area contributed by atoms with E-state index in [9.17, 15) is 27.6 Å². The van der Waals surface area contributed by atoms with Crippen molar-refractivity contribution in [1.29, 1.82) is 0 Å². The van der Waals surface area contributed by atoms with Crippen molar-refractivity contribution in [2.75, 3.05) is 16.8 Å². The Morgan fingerprint density at radius 3 is 2.32 bits per heavy atom. The second-order valence-electron chi connectivity index (χ2n) is 8.43. The van der Waals surface area contributed by atoms with E-state index in [0.29, 0.717) is 24.9 Å². The van der Waals surface area contributed by atoms with Gasteiger partial charge >= 0.3 is 12.2 Å². The number of benzene rings is 3. The predicted molar refractivity (Wildman–Crippen MR) is 129 cm³/mol. The van der Waals surface area contributed by atoms with Crippen LogP contribution in [0.15, 0.2) is 66.7 Å². The first-order valence-electron chi connectivity index (χ1n) is 11.3. The number of nitrogens with zero attached hydrogens (tertiary/aromatic N) is 1. The summed E-state index contributed by atoms with van der Waals surface area (Å²) in [5.41, 5.74) is 5.57. The fourth-order valence-electron chi connectivity index (χ4n) is 4.16. The van der Waals surface area contributed by atoms with Gasteiger partial charge in [-0.1, -0.05) is 18.2 Å². The van der Waals surface area contributed by atoms with Crippen LogP contribution in [0, 0.1) is 5.82 Å². The standard InChI is InChI=1S/C26H22F4N4O3/c27-21-14-17(11-12-19(21)18-4-1-2-5-20(18)23(31)35)34-13-3-6-22(24(34)36)33-25(37)32-16-9-7-15(8-10-16)26(28,29)30/h1-2,4-5,7-12,14,22H,3,6,13H2,(H2,31,35)(H2,32,33,37). The Labute approximate surface area is 209 Å². The van der Waals surface area contributed by atoms with E-state index in [-0.39, 0.29) is 22.5 Å². The molecule has 0 aromatic heterocycles. The van der Waals surface area contributed by atoms with Crippen LogP contribution in [0.1, 0.15) is 28.8 Å². The number of nitrogens with one attached hydrogen (secondary N) is 2. The summed E-state index contributed by atoms with van der Waals surface area (Å²) in [6.45, 7) is 0.300. The van der Waals surface area contributed by atoms with Gasteiger partial charge in [0.1, 0.15) is 11.9 Å². The quantitative estimate of drug-likeness (QED) is 0.421. The highest BCUT2D eigenvalue weighted by atomic mass is 19.4. The lowest BCUT2D eigenvalue weighted by atomic mass is 9.97. The Bertz CT molecular complexity index is 1340. The smallest absolute Gasteiger partial charge is 0.366 e. The third-order valence-electron chi connectivity index (χ3n) is 5.96. The lowest BCUT2D eigenvalue weighted by Crippen LogP contribution is -2.53. The van der Waals surface area contributed by atoms with E-state index < -0.39 is 41.4 Å². The first-order valence-corrected chi connectivity index (χ1v) is 11.3. The van der Waals surface area contributed by atoms with E-state index in [1.807, 2.05) is 0 Å². The van der Waals surface area contributed by atoms with Crippen LogP contribution in [0.3, 0.4) is 0 Å². The predicted octanol–water partition coefficient (Wildman–Crippen LogP) is 4.93. The zero-order valence-corrected chi connectivity index (χ0v) is 19.3. The van der Waals surface area contributed by atoms with E-state index in [0.717, 1.165) is 24.3 Å². The first-order chi connectivity index (χ1) is 17.5. The molecule has 1 heterocycles. The number of nitrogens with two attached hydrogens (primary N) is 1. The molecule has 3 aromatic rings. The van der Waals surface area contributed by atoms with E-state index in [1.165, 1.54) is 23.1 Å². The number of carbonyl (C=O) groups is 3. The number of anilines is 2. The van der Waals surface area contributed by atoms with Gasteiger partial charge in [-0.15, -0.1) is 0 Å². The molecule has 4 rings (SSSR count). The zero-order valence-electron chi connectivity index (χ0n) is 19.3. The van der Waals surface area contributed by atoms with Gasteiger partial charge in [-0.3, -0.25) is 9.59 Å². The maximum atomic E-state index is 15.1. The van der Waals surface area contributed by atoms with Crippen molar-refractivity contribution in [3.63, 3.8) is 0 Å². The normalized spacial score (nSPS) is 15.8. The molecule has 0 bridgehead atoms. The first kappa shape index (κ1) is 25.7. The van der Waals surface area contributed by atoms with Crippen LogP contribution >= 0.6 is 0 Å². The van der Waals surface area contributed by atoms with Gasteiger partial charge in [0.25, 0.3) is 0 Å². The number of alkyl halides is 3. The van der Waals surface area contributed by atoms with Crippen LogP contribution in [0.2, 0.25) is 0 Å². The summed E-state index contributed by atoms with van der Waals surface area (Å²) < 4.78 is 53.2. The van der Waals surface area contributed by atoms with E-state index in [1.54, 1.807) is 24.3 Å². The molecule has 3 aromatic carbocycles. The molecule has 0 aliphatic carbocycles. The molecular formula is C26H22F4N4O3. The minimum Gasteiger partial charge on any atom is -0.366 e. The molecule has 0 saturated carbocycles. The highest BCUT2D eigenvalue weighted by molar-refractivity contribution is 6.02. The summed E-state index contributed by atoms with van der Waals surface area (Å²) in [6.07, 6.45) is -3.64. The van der Waals surface area contributed by atoms with Crippen molar-refractivity contribution in [2.45, 2.75) is 25.1 Å². The molecule has 0 spiro atoms. The molecule has 1 atom stereocenters. The van der Waals surface area contributed by atoms with Gasteiger partial charge in [0, 0.05) is 29.0 Å². The number of urea groups is 1. The van der Waals surface area contributed by atoms with Crippen LogP contribution in [0.25, 0.3) is 11.1 Å². The van der Waals surface area contributed by atoms with E-state index in [2.05, 4.69) is 10.6 Å². The number of hydrogen-bond donors (Lipinski definition) is 3. The monoisotopic (exact) mass is 514 g/mol. The zero-order chi connectivity index (χ0) is 26.7. The van der Waals surface area contributed by atoms with E-state index in [4.69, 9.17) is 5.73 Å². The lowest BCUT2D eigenvalue weighted by molar-refractivity contribution is -0.137. The Kier molecular flexibility index (Phi) is 7.14. The molecule has 192 valence electrons. The fourth-order valence-corrected chi connectivity index (χ4v) is 4.16. The van der Waals surface area contributed by atoms with Gasteiger partial charge in [-0.25, -0.2) is 9.18 Å². The molecule has 11 heteroatoms. The SMILES string of the molecule is NC(=O)c1ccccc1-c1ccc(N2CCCC(NC(=O)Nc3ccc(C(F)(F)F)cc3)C2=O)cc1F. The lowest BCUT2D eigenvalue weighted by Gasteiger charge is -2.32. The van der Waals surface area contributed by atoms with Crippen molar-refractivity contribution in [3.05, 3.63) is 83.7 Å². The Hall–Kier alpha value is -4.41. The number of hydrogen-bond acceptors (Lipinski definition) is 3. The maximum absolute atomic E-state index is 15.1. The van der Waals surface area contributed by atoms with Gasteiger partial charge < -0.3 is 21.3 Å². The maximum Gasteiger partial charge on any atom is 0.416 e. The number of halogens is 4. The molecule has 1 unspecified atom stereocenters. The number of carbonyl (C=O) groups excluding carboxylic acids is 3. The van der Waals surface area contributed by atoms with Gasteiger partial charge in [-0.2, -0.15) is 13.2 Å². The summed E-state index contributed by atoms with van der Waals surface area (Å²) in [5.74, 6) is -1.82. The molecule has 37 heavy (non-hydrogen) atoms. The molecular weight excluding hydrogens is 492 g/mol. The summed E-state index contributed by atoms with van der Waals surface area (Å²) in [6, 6.07) is 12.7. The highest BCUT2D eigenvalue weighted by Gasteiger charge is 2.32. The number of rotatable bonds is 5. The third-order valence-corrected chi connectivity index (χ3v) is 5.96. The average Bonchev–Trinajstić information content (AvgIpc) is 2.85. The average molecular weight is 514 g/mol. The van der Waals surface area contributed by atoms with Crippen molar-refractivity contribution < 1.29 is 31.9 Å². The van der Waals surface area contributed by atoms with Crippen LogP contribution in [0.5, 0.6) is 0 Å². The Morgan fingerprint density at radius 2 is 1.68 bits per heavy atom. The third kappa shape index (κ3) is 5.71. The summed E-state index contributed by atoms with van der Waals surface area (Å²) in [5, 5.41) is 4.93. The Balaban J connectivity index is 1.46. The summed E-state index contributed by atoms with van der Waals surface area (Å²) in [7, 11) is 0. The molecule has 7 nitrogen and oxygen atoms in total. The highest BCUT2D eigenvalue weighted by Crippen LogP contribution is 2.31. The second-order valence-corrected chi connectivity index (χ2v) is 8.43. The number of piperidine rings is 1. The van der Waals surface area contributed by atoms with Crippen molar-refractivity contribution in [3.8, 4) is 11.1 Å². The molecule has 0 radical (unpaired) electrons. The number of amides is 4. The number of primary amides is 1. The van der Waals surface area contributed by atoms with Crippen molar-refractivity contribution in [1.82, 2.24) is 5.32 Å². The molecule has 4 amide bonds. The van der Waals surface area contributed by atoms with Crippen LogP contribution in [-0.2, 0) is 11.0 Å². The van der Waals surface area contributed by atoms with E-state index >= 15 is 4.39 Å². The van der Waals surface area contributed by atoms with Gasteiger partial charge in [0.05, 0.1) is 5.56 Å². The second kappa shape index (κ2) is 10.3. The van der Waals surface area contributed by atoms with Crippen LogP contribution in [-0.4, -0.2) is 30.4 Å². The minimum atomic E-state index is -4.50. The fraction of sp³-hybridized carbons (Fsp3) is 0.192. The minimum absolute atomic E-state index is 0.125. The summed E-state index contributed by atoms with van der Waals surface area (Å²) in [4.78, 5) is 38.5. The molecule has 1 aliphatic rings. The van der Waals surface area contributed by atoms with Crippen molar-refractivity contribution >= 4 is 29.2 Å². The molecule has 4 N–H and O–H groups in total. The van der Waals surface area contributed by atoms with Crippen LogP contribution < -0.4 is 21.3 Å². The largest absolute Gasteiger partial charge is 0.416 e. The Morgan fingerprint density at radius 1 is 0.973 bits per heavy atom. The van der Waals surface area contributed by atoms with Gasteiger partial charge in [0.15, 0.2) is 0 Å².